The number of nitrogens with one attached hydrogen (secondary N) is 1. The van der Waals surface area contributed by atoms with Gasteiger partial charge in [0.2, 0.25) is 5.91 Å². The lowest BCUT2D eigenvalue weighted by atomic mass is 10.1. The Labute approximate surface area is 174 Å². The number of carbonyl (C=O) groups is 1. The highest BCUT2D eigenvalue weighted by molar-refractivity contribution is 6.30. The van der Waals surface area contributed by atoms with Gasteiger partial charge in [0, 0.05) is 35.8 Å². The van der Waals surface area contributed by atoms with E-state index < -0.39 is 0 Å². The summed E-state index contributed by atoms with van der Waals surface area (Å²) in [7, 11) is 0. The average molecular weight is 413 g/mol. The SMILES string of the molecule is CCCC(=O)N1CCn2c(nc(-c3ccc(F)cc3)c2Nc2ccc(Cl)cc2)C1. The van der Waals surface area contributed by atoms with Crippen LogP contribution >= 0.6 is 11.6 Å². The van der Waals surface area contributed by atoms with E-state index in [4.69, 9.17) is 16.6 Å². The molecule has 0 unspecified atom stereocenters. The van der Waals surface area contributed by atoms with E-state index in [1.165, 1.54) is 12.1 Å². The number of benzene rings is 2. The molecule has 1 aliphatic rings. The topological polar surface area (TPSA) is 50.2 Å². The van der Waals surface area contributed by atoms with E-state index in [0.29, 0.717) is 31.1 Å². The van der Waals surface area contributed by atoms with Crippen molar-refractivity contribution in [3.05, 3.63) is 65.2 Å². The average Bonchev–Trinajstić information content (AvgIpc) is 3.08. The van der Waals surface area contributed by atoms with Gasteiger partial charge < -0.3 is 14.8 Å². The molecule has 7 heteroatoms. The minimum atomic E-state index is -0.290. The summed E-state index contributed by atoms with van der Waals surface area (Å²) in [6.07, 6.45) is 1.37. The zero-order chi connectivity index (χ0) is 20.4. The van der Waals surface area contributed by atoms with Crippen molar-refractivity contribution in [1.82, 2.24) is 14.5 Å². The molecule has 3 aromatic rings. The Morgan fingerprint density at radius 2 is 1.86 bits per heavy atom. The number of carbonyl (C=O) groups excluding carboxylic acids is 1. The zero-order valence-electron chi connectivity index (χ0n) is 16.2. The summed E-state index contributed by atoms with van der Waals surface area (Å²) in [5.41, 5.74) is 2.43. The highest BCUT2D eigenvalue weighted by Gasteiger charge is 2.26. The molecule has 1 amide bonds. The summed E-state index contributed by atoms with van der Waals surface area (Å²) in [4.78, 5) is 19.0. The first-order valence-corrected chi connectivity index (χ1v) is 10.1. The molecule has 4 rings (SSSR count). The van der Waals surface area contributed by atoms with Crippen LogP contribution in [-0.2, 0) is 17.9 Å². The zero-order valence-corrected chi connectivity index (χ0v) is 16.9. The van der Waals surface area contributed by atoms with Gasteiger partial charge in [0.05, 0.1) is 6.54 Å². The van der Waals surface area contributed by atoms with Crippen molar-refractivity contribution >= 4 is 29.0 Å². The number of anilines is 2. The van der Waals surface area contributed by atoms with Gasteiger partial charge in [0.15, 0.2) is 0 Å². The van der Waals surface area contributed by atoms with Crippen LogP contribution in [0, 0.1) is 5.82 Å². The third kappa shape index (κ3) is 4.12. The number of amides is 1. The summed E-state index contributed by atoms with van der Waals surface area (Å²) in [5, 5.41) is 4.10. The minimum absolute atomic E-state index is 0.150. The molecule has 29 heavy (non-hydrogen) atoms. The van der Waals surface area contributed by atoms with Gasteiger partial charge in [-0.15, -0.1) is 0 Å². The second kappa shape index (κ2) is 8.25. The van der Waals surface area contributed by atoms with Crippen LogP contribution in [0.25, 0.3) is 11.3 Å². The van der Waals surface area contributed by atoms with Gasteiger partial charge in [-0.25, -0.2) is 9.37 Å². The molecule has 150 valence electrons. The molecule has 0 saturated carbocycles. The molecule has 0 bridgehead atoms. The molecule has 0 aliphatic carbocycles. The third-order valence-electron chi connectivity index (χ3n) is 5.01. The number of imidazole rings is 1. The standard InChI is InChI=1S/C22H22ClFN4O/c1-2-3-20(29)27-12-13-28-19(14-27)26-21(15-4-8-17(24)9-5-15)22(28)25-18-10-6-16(23)7-11-18/h4-11,25H,2-3,12-14H2,1H3. The van der Waals surface area contributed by atoms with E-state index in [0.717, 1.165) is 35.0 Å². The summed E-state index contributed by atoms with van der Waals surface area (Å²) in [6.45, 7) is 3.76. The summed E-state index contributed by atoms with van der Waals surface area (Å²) in [6, 6.07) is 13.7. The minimum Gasteiger partial charge on any atom is -0.340 e. The van der Waals surface area contributed by atoms with Crippen LogP contribution in [0.3, 0.4) is 0 Å². The maximum Gasteiger partial charge on any atom is 0.223 e. The first-order chi connectivity index (χ1) is 14.0. The van der Waals surface area contributed by atoms with Crippen LogP contribution in [0.15, 0.2) is 48.5 Å². The van der Waals surface area contributed by atoms with Gasteiger partial charge in [-0.3, -0.25) is 4.79 Å². The van der Waals surface area contributed by atoms with E-state index >= 15 is 0 Å². The molecular weight excluding hydrogens is 391 g/mol. The van der Waals surface area contributed by atoms with Crippen LogP contribution in [-0.4, -0.2) is 26.9 Å². The number of hydrogen-bond donors (Lipinski definition) is 1. The fourth-order valence-corrected chi connectivity index (χ4v) is 3.65. The van der Waals surface area contributed by atoms with Crippen LogP contribution < -0.4 is 5.32 Å². The first kappa shape index (κ1) is 19.5. The van der Waals surface area contributed by atoms with Crippen molar-refractivity contribution in [2.24, 2.45) is 0 Å². The monoisotopic (exact) mass is 412 g/mol. The fraction of sp³-hybridized carbons (Fsp3) is 0.273. The third-order valence-corrected chi connectivity index (χ3v) is 5.27. The Hall–Kier alpha value is -2.86. The summed E-state index contributed by atoms with van der Waals surface area (Å²) in [5.74, 6) is 1.51. The number of halogens is 2. The van der Waals surface area contributed by atoms with Crippen molar-refractivity contribution in [3.8, 4) is 11.3 Å². The lowest BCUT2D eigenvalue weighted by molar-refractivity contribution is -0.132. The molecule has 0 radical (unpaired) electrons. The van der Waals surface area contributed by atoms with Crippen molar-refractivity contribution < 1.29 is 9.18 Å². The fourth-order valence-electron chi connectivity index (χ4n) is 3.52. The number of aromatic nitrogens is 2. The van der Waals surface area contributed by atoms with Crippen molar-refractivity contribution in [2.75, 3.05) is 11.9 Å². The van der Waals surface area contributed by atoms with Crippen molar-refractivity contribution in [1.29, 1.82) is 0 Å². The molecule has 0 spiro atoms. The molecule has 0 atom stereocenters. The summed E-state index contributed by atoms with van der Waals surface area (Å²) >= 11 is 6.00. The molecule has 0 fully saturated rings. The van der Waals surface area contributed by atoms with Crippen molar-refractivity contribution in [2.45, 2.75) is 32.9 Å². The molecule has 5 nitrogen and oxygen atoms in total. The van der Waals surface area contributed by atoms with Crippen LogP contribution in [0.2, 0.25) is 5.02 Å². The Morgan fingerprint density at radius 3 is 2.55 bits per heavy atom. The van der Waals surface area contributed by atoms with Crippen LogP contribution in [0.5, 0.6) is 0 Å². The lowest BCUT2D eigenvalue weighted by Gasteiger charge is -2.28. The quantitative estimate of drug-likeness (QED) is 0.624. The number of nitrogens with zero attached hydrogens (tertiary/aromatic N) is 3. The highest BCUT2D eigenvalue weighted by Crippen LogP contribution is 2.33. The van der Waals surface area contributed by atoms with E-state index in [1.807, 2.05) is 36.1 Å². The molecule has 0 saturated heterocycles. The Bertz CT molecular complexity index is 1010. The van der Waals surface area contributed by atoms with Crippen LogP contribution in [0.1, 0.15) is 25.6 Å². The maximum absolute atomic E-state index is 13.4. The van der Waals surface area contributed by atoms with Gasteiger partial charge in [-0.2, -0.15) is 0 Å². The molecular formula is C22H22ClFN4O. The van der Waals surface area contributed by atoms with Crippen LogP contribution in [0.4, 0.5) is 15.9 Å². The van der Waals surface area contributed by atoms with Gasteiger partial charge in [0.1, 0.15) is 23.2 Å². The van der Waals surface area contributed by atoms with Gasteiger partial charge in [-0.05, 0) is 55.0 Å². The Morgan fingerprint density at radius 1 is 1.14 bits per heavy atom. The molecule has 2 aromatic carbocycles. The Kier molecular flexibility index (Phi) is 5.53. The van der Waals surface area contributed by atoms with E-state index in [2.05, 4.69) is 9.88 Å². The second-order valence-electron chi connectivity index (χ2n) is 7.08. The summed E-state index contributed by atoms with van der Waals surface area (Å²) < 4.78 is 15.5. The van der Waals surface area contributed by atoms with Crippen molar-refractivity contribution in [3.63, 3.8) is 0 Å². The van der Waals surface area contributed by atoms with E-state index in [9.17, 15) is 9.18 Å². The van der Waals surface area contributed by atoms with Gasteiger partial charge >= 0.3 is 0 Å². The number of rotatable bonds is 5. The predicted molar refractivity (Wildman–Crippen MR) is 113 cm³/mol. The van der Waals surface area contributed by atoms with E-state index in [1.54, 1.807) is 12.1 Å². The predicted octanol–water partition coefficient (Wildman–Crippen LogP) is 5.23. The number of fused-ring (bicyclic) bond motifs is 1. The molecule has 1 aliphatic heterocycles. The molecule has 1 aromatic heterocycles. The Balaban J connectivity index is 1.72. The first-order valence-electron chi connectivity index (χ1n) is 9.71. The second-order valence-corrected chi connectivity index (χ2v) is 7.52. The van der Waals surface area contributed by atoms with E-state index in [-0.39, 0.29) is 11.7 Å². The molecule has 1 N–H and O–H groups in total. The normalized spacial score (nSPS) is 13.3. The van der Waals surface area contributed by atoms with Gasteiger partial charge in [0.25, 0.3) is 0 Å². The largest absolute Gasteiger partial charge is 0.340 e. The maximum atomic E-state index is 13.4. The lowest BCUT2D eigenvalue weighted by Crippen LogP contribution is -2.38. The van der Waals surface area contributed by atoms with Gasteiger partial charge in [-0.1, -0.05) is 18.5 Å². The smallest absolute Gasteiger partial charge is 0.223 e. The number of hydrogen-bond acceptors (Lipinski definition) is 3. The molecule has 2 heterocycles. The highest BCUT2D eigenvalue weighted by atomic mass is 35.5.